The summed E-state index contributed by atoms with van der Waals surface area (Å²) in [6, 6.07) is 0. The number of carboxylic acid groups (broad SMARTS) is 1. The van der Waals surface area contributed by atoms with Crippen LogP contribution in [0.5, 0.6) is 0 Å². The number of ether oxygens (including phenoxy) is 2. The fraction of sp³-hybridized carbons (Fsp3) is 0.857. The molecule has 0 aromatic heterocycles. The van der Waals surface area contributed by atoms with Gasteiger partial charge in [-0.05, 0) is 38.5 Å². The summed E-state index contributed by atoms with van der Waals surface area (Å²) in [7, 11) is 1.48. The van der Waals surface area contributed by atoms with Gasteiger partial charge in [-0.2, -0.15) is 0 Å². The van der Waals surface area contributed by atoms with Gasteiger partial charge in [-0.3, -0.25) is 9.59 Å². The van der Waals surface area contributed by atoms with Crippen LogP contribution in [0.25, 0.3) is 0 Å². The zero-order valence-corrected chi connectivity index (χ0v) is 12.1. The fourth-order valence-electron chi connectivity index (χ4n) is 3.33. The molecule has 6 heteroatoms. The van der Waals surface area contributed by atoms with Crippen LogP contribution >= 0.6 is 0 Å². The summed E-state index contributed by atoms with van der Waals surface area (Å²) in [6.45, 7) is 3.30. The summed E-state index contributed by atoms with van der Waals surface area (Å²) >= 11 is 0. The Labute approximate surface area is 118 Å². The Balaban J connectivity index is 2.21. The maximum atomic E-state index is 12.1. The molecule has 0 aromatic carbocycles. The van der Waals surface area contributed by atoms with Gasteiger partial charge in [0.2, 0.25) is 5.91 Å². The molecule has 20 heavy (non-hydrogen) atoms. The van der Waals surface area contributed by atoms with E-state index < -0.39 is 17.3 Å². The van der Waals surface area contributed by atoms with Crippen LogP contribution in [0.2, 0.25) is 0 Å². The third kappa shape index (κ3) is 2.54. The second-order valence-electron chi connectivity index (χ2n) is 5.92. The Morgan fingerprint density at radius 1 is 1.30 bits per heavy atom. The van der Waals surface area contributed by atoms with Crippen LogP contribution < -0.4 is 5.32 Å². The van der Waals surface area contributed by atoms with Crippen molar-refractivity contribution in [1.82, 2.24) is 5.32 Å². The second-order valence-corrected chi connectivity index (χ2v) is 5.92. The molecular weight excluding hydrogens is 262 g/mol. The van der Waals surface area contributed by atoms with Gasteiger partial charge in [-0.15, -0.1) is 0 Å². The number of rotatable bonds is 3. The summed E-state index contributed by atoms with van der Waals surface area (Å²) in [5, 5.41) is 12.0. The van der Waals surface area contributed by atoms with Crippen LogP contribution in [0.4, 0.5) is 0 Å². The van der Waals surface area contributed by atoms with E-state index in [2.05, 4.69) is 5.32 Å². The topological polar surface area (TPSA) is 84.9 Å². The number of aliphatic carboxylic acids is 1. The van der Waals surface area contributed by atoms with Crippen molar-refractivity contribution >= 4 is 11.9 Å². The molecule has 0 bridgehead atoms. The first-order valence-corrected chi connectivity index (χ1v) is 7.12. The van der Waals surface area contributed by atoms with Crippen LogP contribution in [0.15, 0.2) is 0 Å². The Morgan fingerprint density at radius 3 is 2.50 bits per heavy atom. The second kappa shape index (κ2) is 5.69. The Bertz CT molecular complexity index is 386. The highest BCUT2D eigenvalue weighted by Gasteiger charge is 2.52. The van der Waals surface area contributed by atoms with E-state index in [1.54, 1.807) is 0 Å². The molecule has 2 aliphatic heterocycles. The molecule has 0 aromatic rings. The molecule has 2 saturated heterocycles. The SMILES string of the molecule is CNC(=O)C(C)(C(=O)O)C1CCOC2(CCOCC2)C1. The van der Waals surface area contributed by atoms with Crippen molar-refractivity contribution in [3.8, 4) is 0 Å². The van der Waals surface area contributed by atoms with Crippen molar-refractivity contribution in [3.05, 3.63) is 0 Å². The van der Waals surface area contributed by atoms with Gasteiger partial charge in [0.15, 0.2) is 0 Å². The highest BCUT2D eigenvalue weighted by atomic mass is 16.5. The Morgan fingerprint density at radius 2 is 1.95 bits per heavy atom. The van der Waals surface area contributed by atoms with Crippen LogP contribution in [-0.2, 0) is 19.1 Å². The number of nitrogens with one attached hydrogen (secondary N) is 1. The van der Waals surface area contributed by atoms with Crippen molar-refractivity contribution < 1.29 is 24.2 Å². The predicted octanol–water partition coefficient (Wildman–Crippen LogP) is 0.799. The van der Waals surface area contributed by atoms with Gasteiger partial charge >= 0.3 is 5.97 Å². The van der Waals surface area contributed by atoms with Crippen molar-refractivity contribution in [2.75, 3.05) is 26.9 Å². The standard InChI is InChI=1S/C14H23NO5/c1-13(12(17)18,11(16)15-2)10-3-6-20-14(9-10)4-7-19-8-5-14/h10H,3-9H2,1-2H3,(H,15,16)(H,17,18). The minimum absolute atomic E-state index is 0.216. The Hall–Kier alpha value is -1.14. The van der Waals surface area contributed by atoms with E-state index in [-0.39, 0.29) is 11.5 Å². The van der Waals surface area contributed by atoms with Gasteiger partial charge in [0.1, 0.15) is 5.41 Å². The van der Waals surface area contributed by atoms with Gasteiger partial charge in [0, 0.05) is 26.9 Å². The number of carbonyl (C=O) groups is 2. The van der Waals surface area contributed by atoms with Gasteiger partial charge in [-0.25, -0.2) is 0 Å². The van der Waals surface area contributed by atoms with E-state index >= 15 is 0 Å². The summed E-state index contributed by atoms with van der Waals surface area (Å²) in [6.07, 6.45) is 2.74. The van der Waals surface area contributed by atoms with Crippen LogP contribution in [0.1, 0.15) is 32.6 Å². The van der Waals surface area contributed by atoms with Gasteiger partial charge < -0.3 is 19.9 Å². The minimum atomic E-state index is -1.40. The van der Waals surface area contributed by atoms with E-state index in [1.807, 2.05) is 0 Å². The van der Waals surface area contributed by atoms with Crippen molar-refractivity contribution in [1.29, 1.82) is 0 Å². The highest BCUT2D eigenvalue weighted by Crippen LogP contribution is 2.44. The molecule has 0 aliphatic carbocycles. The first-order valence-electron chi connectivity index (χ1n) is 7.12. The predicted molar refractivity (Wildman–Crippen MR) is 71.3 cm³/mol. The lowest BCUT2D eigenvalue weighted by Crippen LogP contribution is -2.54. The average molecular weight is 285 g/mol. The zero-order chi connectivity index (χ0) is 14.8. The molecule has 2 aliphatic rings. The number of carboxylic acids is 1. The molecule has 1 spiro atoms. The lowest BCUT2D eigenvalue weighted by molar-refractivity contribution is -0.178. The maximum Gasteiger partial charge on any atom is 0.319 e. The van der Waals surface area contributed by atoms with Crippen LogP contribution in [0.3, 0.4) is 0 Å². The molecule has 2 unspecified atom stereocenters. The van der Waals surface area contributed by atoms with Crippen molar-refractivity contribution in [2.45, 2.75) is 38.2 Å². The minimum Gasteiger partial charge on any atom is -0.480 e. The summed E-state index contributed by atoms with van der Waals surface area (Å²) in [5.41, 5.74) is -1.71. The summed E-state index contributed by atoms with van der Waals surface area (Å²) in [4.78, 5) is 23.8. The molecule has 0 saturated carbocycles. The van der Waals surface area contributed by atoms with E-state index in [4.69, 9.17) is 9.47 Å². The molecule has 2 atom stereocenters. The number of carbonyl (C=O) groups excluding carboxylic acids is 1. The van der Waals surface area contributed by atoms with E-state index in [0.717, 1.165) is 12.8 Å². The van der Waals surface area contributed by atoms with E-state index in [0.29, 0.717) is 32.7 Å². The molecule has 2 N–H and O–H groups in total. The molecule has 0 radical (unpaired) electrons. The molecule has 2 rings (SSSR count). The van der Waals surface area contributed by atoms with Crippen molar-refractivity contribution in [2.24, 2.45) is 11.3 Å². The van der Waals surface area contributed by atoms with E-state index in [9.17, 15) is 14.7 Å². The van der Waals surface area contributed by atoms with Crippen molar-refractivity contribution in [3.63, 3.8) is 0 Å². The number of hydrogen-bond acceptors (Lipinski definition) is 4. The number of amides is 1. The third-order valence-electron chi connectivity index (χ3n) is 4.86. The quantitative estimate of drug-likeness (QED) is 0.749. The summed E-state index contributed by atoms with van der Waals surface area (Å²) in [5.74, 6) is -1.71. The van der Waals surface area contributed by atoms with Crippen LogP contribution in [-0.4, -0.2) is 49.5 Å². The molecule has 2 heterocycles. The lowest BCUT2D eigenvalue weighted by Gasteiger charge is -2.46. The lowest BCUT2D eigenvalue weighted by atomic mass is 9.67. The normalized spacial score (nSPS) is 28.6. The molecular formula is C14H23NO5. The first kappa shape index (κ1) is 15.3. The molecule has 1 amide bonds. The number of hydrogen-bond donors (Lipinski definition) is 2. The van der Waals surface area contributed by atoms with Gasteiger partial charge in [0.05, 0.1) is 5.60 Å². The highest BCUT2D eigenvalue weighted by molar-refractivity contribution is 6.01. The fourth-order valence-corrected chi connectivity index (χ4v) is 3.33. The van der Waals surface area contributed by atoms with Crippen LogP contribution in [0, 0.1) is 11.3 Å². The maximum absolute atomic E-state index is 12.1. The third-order valence-corrected chi connectivity index (χ3v) is 4.86. The van der Waals surface area contributed by atoms with Gasteiger partial charge in [-0.1, -0.05) is 0 Å². The summed E-state index contributed by atoms with van der Waals surface area (Å²) < 4.78 is 11.3. The average Bonchev–Trinajstić information content (AvgIpc) is 2.46. The first-order chi connectivity index (χ1) is 9.44. The Kier molecular flexibility index (Phi) is 4.34. The van der Waals surface area contributed by atoms with Gasteiger partial charge in [0.25, 0.3) is 0 Å². The zero-order valence-electron chi connectivity index (χ0n) is 12.1. The molecule has 6 nitrogen and oxygen atoms in total. The molecule has 2 fully saturated rings. The van der Waals surface area contributed by atoms with E-state index in [1.165, 1.54) is 14.0 Å². The smallest absolute Gasteiger partial charge is 0.319 e. The molecule has 114 valence electrons. The largest absolute Gasteiger partial charge is 0.480 e. The monoisotopic (exact) mass is 285 g/mol.